The van der Waals surface area contributed by atoms with E-state index in [9.17, 15) is 14.9 Å². The summed E-state index contributed by atoms with van der Waals surface area (Å²) in [5.74, 6) is 0. The third-order valence-electron chi connectivity index (χ3n) is 3.55. The minimum atomic E-state index is -0.581. The molecule has 1 aliphatic rings. The summed E-state index contributed by atoms with van der Waals surface area (Å²) >= 11 is 0. The van der Waals surface area contributed by atoms with Crippen LogP contribution in [0, 0.1) is 21.4 Å². The molecule has 1 unspecified atom stereocenters. The van der Waals surface area contributed by atoms with Crippen molar-refractivity contribution in [2.75, 3.05) is 18.0 Å². The summed E-state index contributed by atoms with van der Waals surface area (Å²) in [5, 5.41) is 23.0. The lowest BCUT2D eigenvalue weighted by atomic mass is 10.1. The number of alkyl carbamates (subject to hydrolysis) is 1. The maximum absolute atomic E-state index is 11.8. The summed E-state index contributed by atoms with van der Waals surface area (Å²) < 4.78 is 5.22. The molecule has 1 atom stereocenters. The lowest BCUT2D eigenvalue weighted by Gasteiger charge is -2.22. The standard InChI is InChI=1S/C16H20N4O4/c1-16(2,3)24-15(21)18-12-6-7-19(10-12)14-8-11(9-17)4-5-13(14)20(22)23/h4-5,8,12H,6-7,10H2,1-3H3,(H,18,21). The van der Waals surface area contributed by atoms with Crippen molar-refractivity contribution in [3.05, 3.63) is 33.9 Å². The Labute approximate surface area is 140 Å². The molecule has 8 heteroatoms. The molecule has 0 spiro atoms. The molecule has 1 heterocycles. The summed E-state index contributed by atoms with van der Waals surface area (Å²) in [6.45, 7) is 6.32. The van der Waals surface area contributed by atoms with E-state index < -0.39 is 16.6 Å². The highest BCUT2D eigenvalue weighted by Gasteiger charge is 2.29. The first kappa shape index (κ1) is 17.5. The van der Waals surface area contributed by atoms with E-state index >= 15 is 0 Å². The van der Waals surface area contributed by atoms with Gasteiger partial charge in [-0.05, 0) is 39.3 Å². The summed E-state index contributed by atoms with van der Waals surface area (Å²) in [4.78, 5) is 24.4. The zero-order valence-corrected chi connectivity index (χ0v) is 13.9. The second kappa shape index (κ2) is 6.74. The molecule has 0 saturated carbocycles. The predicted octanol–water partition coefficient (Wildman–Crippen LogP) is 2.57. The first-order valence-corrected chi connectivity index (χ1v) is 7.62. The Bertz CT molecular complexity index is 690. The SMILES string of the molecule is CC(C)(C)OC(=O)NC1CCN(c2cc(C#N)ccc2[N+](=O)[O-])C1. The van der Waals surface area contributed by atoms with Crippen LogP contribution in [0.15, 0.2) is 18.2 Å². The van der Waals surface area contributed by atoms with Crippen LogP contribution >= 0.6 is 0 Å². The van der Waals surface area contributed by atoms with E-state index in [1.165, 1.54) is 18.2 Å². The molecule has 128 valence electrons. The third-order valence-corrected chi connectivity index (χ3v) is 3.55. The van der Waals surface area contributed by atoms with E-state index in [0.717, 1.165) is 0 Å². The smallest absolute Gasteiger partial charge is 0.407 e. The van der Waals surface area contributed by atoms with Crippen LogP contribution in [0.25, 0.3) is 0 Å². The van der Waals surface area contributed by atoms with Crippen LogP contribution in [0.3, 0.4) is 0 Å². The number of carbonyl (C=O) groups is 1. The lowest BCUT2D eigenvalue weighted by Crippen LogP contribution is -2.40. The number of nitrogens with one attached hydrogen (secondary N) is 1. The number of nitrogens with zero attached hydrogens (tertiary/aromatic N) is 3. The summed E-state index contributed by atoms with van der Waals surface area (Å²) in [6, 6.07) is 6.09. The highest BCUT2D eigenvalue weighted by atomic mass is 16.6. The number of nitriles is 1. The molecule has 1 N–H and O–H groups in total. The highest BCUT2D eigenvalue weighted by molar-refractivity contribution is 5.69. The van der Waals surface area contributed by atoms with Crippen LogP contribution < -0.4 is 10.2 Å². The number of hydrogen-bond donors (Lipinski definition) is 1. The number of nitro benzene ring substituents is 1. The van der Waals surface area contributed by atoms with Gasteiger partial charge < -0.3 is 15.0 Å². The summed E-state index contributed by atoms with van der Waals surface area (Å²) in [5.41, 5.74) is 0.126. The van der Waals surface area contributed by atoms with Gasteiger partial charge in [0.2, 0.25) is 0 Å². The Morgan fingerprint density at radius 3 is 2.79 bits per heavy atom. The van der Waals surface area contributed by atoms with E-state index in [0.29, 0.717) is 30.8 Å². The molecule has 0 bridgehead atoms. The molecule has 1 saturated heterocycles. The number of benzene rings is 1. The van der Waals surface area contributed by atoms with Crippen LogP contribution in [0.2, 0.25) is 0 Å². The second-order valence-electron chi connectivity index (χ2n) is 6.65. The van der Waals surface area contributed by atoms with Gasteiger partial charge in [-0.15, -0.1) is 0 Å². The molecule has 1 amide bonds. The normalized spacial score (nSPS) is 17.2. The van der Waals surface area contributed by atoms with Gasteiger partial charge in [-0.2, -0.15) is 5.26 Å². The zero-order valence-electron chi connectivity index (χ0n) is 13.9. The van der Waals surface area contributed by atoms with Crippen molar-refractivity contribution in [1.82, 2.24) is 5.32 Å². The van der Waals surface area contributed by atoms with E-state index in [2.05, 4.69) is 5.32 Å². The minimum absolute atomic E-state index is 0.0491. The molecule has 24 heavy (non-hydrogen) atoms. The molecule has 2 rings (SSSR count). The highest BCUT2D eigenvalue weighted by Crippen LogP contribution is 2.31. The van der Waals surface area contributed by atoms with Gasteiger partial charge in [0.1, 0.15) is 11.3 Å². The average Bonchev–Trinajstić information content (AvgIpc) is 2.92. The van der Waals surface area contributed by atoms with Crippen LogP contribution in [0.4, 0.5) is 16.2 Å². The Kier molecular flexibility index (Phi) is 4.93. The third kappa shape index (κ3) is 4.35. The van der Waals surface area contributed by atoms with Crippen molar-refractivity contribution >= 4 is 17.5 Å². The number of nitro groups is 1. The van der Waals surface area contributed by atoms with Gasteiger partial charge in [-0.1, -0.05) is 0 Å². The quantitative estimate of drug-likeness (QED) is 0.673. The Morgan fingerprint density at radius 1 is 1.50 bits per heavy atom. The Morgan fingerprint density at radius 2 is 2.21 bits per heavy atom. The van der Waals surface area contributed by atoms with E-state index in [1.807, 2.05) is 6.07 Å². The molecule has 0 radical (unpaired) electrons. The van der Waals surface area contributed by atoms with Gasteiger partial charge in [-0.25, -0.2) is 4.79 Å². The number of anilines is 1. The van der Waals surface area contributed by atoms with Gasteiger partial charge in [0.05, 0.1) is 22.6 Å². The average molecular weight is 332 g/mol. The van der Waals surface area contributed by atoms with Gasteiger partial charge in [0, 0.05) is 19.2 Å². The van der Waals surface area contributed by atoms with Crippen molar-refractivity contribution in [2.45, 2.75) is 38.8 Å². The fourth-order valence-corrected chi connectivity index (χ4v) is 2.57. The van der Waals surface area contributed by atoms with Gasteiger partial charge in [0.15, 0.2) is 0 Å². The summed E-state index contributed by atoms with van der Waals surface area (Å²) in [7, 11) is 0. The largest absolute Gasteiger partial charge is 0.444 e. The Balaban J connectivity index is 2.09. The first-order valence-electron chi connectivity index (χ1n) is 7.62. The van der Waals surface area contributed by atoms with Crippen molar-refractivity contribution < 1.29 is 14.5 Å². The minimum Gasteiger partial charge on any atom is -0.444 e. The second-order valence-corrected chi connectivity index (χ2v) is 6.65. The van der Waals surface area contributed by atoms with E-state index in [4.69, 9.17) is 10.00 Å². The molecule has 0 aromatic heterocycles. The number of rotatable bonds is 3. The van der Waals surface area contributed by atoms with Gasteiger partial charge in [0.25, 0.3) is 5.69 Å². The molecule has 1 aromatic carbocycles. The van der Waals surface area contributed by atoms with Crippen LogP contribution in [0.5, 0.6) is 0 Å². The van der Waals surface area contributed by atoms with Gasteiger partial charge in [-0.3, -0.25) is 10.1 Å². The number of hydrogen-bond acceptors (Lipinski definition) is 6. The molecule has 8 nitrogen and oxygen atoms in total. The van der Waals surface area contributed by atoms with Crippen LogP contribution in [-0.4, -0.2) is 35.7 Å². The van der Waals surface area contributed by atoms with Gasteiger partial charge >= 0.3 is 6.09 Å². The maximum Gasteiger partial charge on any atom is 0.407 e. The van der Waals surface area contributed by atoms with Crippen molar-refractivity contribution in [3.8, 4) is 6.07 Å². The maximum atomic E-state index is 11.8. The van der Waals surface area contributed by atoms with E-state index in [1.54, 1.807) is 25.7 Å². The van der Waals surface area contributed by atoms with Crippen molar-refractivity contribution in [3.63, 3.8) is 0 Å². The van der Waals surface area contributed by atoms with Crippen LogP contribution in [-0.2, 0) is 4.74 Å². The fourth-order valence-electron chi connectivity index (χ4n) is 2.57. The first-order chi connectivity index (χ1) is 11.2. The fraction of sp³-hybridized carbons (Fsp3) is 0.500. The molecular formula is C16H20N4O4. The zero-order chi connectivity index (χ0) is 17.9. The molecule has 1 aliphatic heterocycles. The van der Waals surface area contributed by atoms with Crippen molar-refractivity contribution in [1.29, 1.82) is 5.26 Å². The monoisotopic (exact) mass is 332 g/mol. The molecule has 1 fully saturated rings. The number of amides is 1. The Hall–Kier alpha value is -2.82. The number of ether oxygens (including phenoxy) is 1. The van der Waals surface area contributed by atoms with E-state index in [-0.39, 0.29) is 11.7 Å². The topological polar surface area (TPSA) is 108 Å². The lowest BCUT2D eigenvalue weighted by molar-refractivity contribution is -0.384. The molecular weight excluding hydrogens is 312 g/mol. The van der Waals surface area contributed by atoms with Crippen LogP contribution in [0.1, 0.15) is 32.8 Å². The van der Waals surface area contributed by atoms with Crippen molar-refractivity contribution in [2.24, 2.45) is 0 Å². The summed E-state index contributed by atoms with van der Waals surface area (Å²) in [6.07, 6.45) is 0.141. The molecule has 1 aromatic rings. The predicted molar refractivity (Wildman–Crippen MR) is 87.8 cm³/mol. The number of carbonyl (C=O) groups excluding carboxylic acids is 1. The molecule has 0 aliphatic carbocycles.